The molecule has 1 aliphatic heterocycles. The van der Waals surface area contributed by atoms with Gasteiger partial charge in [-0.2, -0.15) is 18.2 Å². The number of alkyl halides is 3. The van der Waals surface area contributed by atoms with Gasteiger partial charge in [-0.15, -0.1) is 5.14 Å². The summed E-state index contributed by atoms with van der Waals surface area (Å²) in [5.74, 6) is 0.427. The van der Waals surface area contributed by atoms with Crippen LogP contribution >= 0.6 is 0 Å². The third kappa shape index (κ3) is 7.96. The van der Waals surface area contributed by atoms with Crippen molar-refractivity contribution in [1.82, 2.24) is 14.9 Å². The predicted octanol–water partition coefficient (Wildman–Crippen LogP) is 5.45. The first-order chi connectivity index (χ1) is 17.0. The molecule has 0 spiro atoms. The summed E-state index contributed by atoms with van der Waals surface area (Å²) in [6.45, 7) is 9.87. The molecule has 12 heteroatoms. The Bertz CT molecular complexity index is 1090. The fourth-order valence-corrected chi connectivity index (χ4v) is 4.91. The second kappa shape index (κ2) is 11.0. The average Bonchev–Trinajstić information content (AvgIpc) is 3.09. The molecule has 2 aromatic heterocycles. The Morgan fingerprint density at radius 3 is 2.54 bits per heavy atom. The molecule has 3 rings (SSSR count). The lowest BCUT2D eigenvalue weighted by Gasteiger charge is -2.33. The summed E-state index contributed by atoms with van der Waals surface area (Å²) in [5, 5.41) is 8.72. The van der Waals surface area contributed by atoms with Crippen molar-refractivity contribution in [1.29, 1.82) is 0 Å². The molecule has 1 aliphatic rings. The van der Waals surface area contributed by atoms with Gasteiger partial charge >= 0.3 is 12.3 Å². The first-order valence-electron chi connectivity index (χ1n) is 12.0. The summed E-state index contributed by atoms with van der Waals surface area (Å²) in [5.41, 5.74) is -1.83. The number of hydrogen-bond donors (Lipinski definition) is 2. The largest absolute Gasteiger partial charge is 0.592 e. The summed E-state index contributed by atoms with van der Waals surface area (Å²) in [4.78, 5) is 22.6. The molecule has 1 saturated heterocycles. The Hall–Kier alpha value is -2.57. The quantitative estimate of drug-likeness (QED) is 0.448. The molecule has 0 radical (unpaired) electrons. The second-order valence-electron chi connectivity index (χ2n) is 10.9. The first-order valence-corrected chi connectivity index (χ1v) is 13.2. The number of ether oxygens (including phenoxy) is 1. The molecule has 37 heavy (non-hydrogen) atoms. The van der Waals surface area contributed by atoms with Crippen LogP contribution < -0.4 is 10.5 Å². The minimum absolute atomic E-state index is 0.105. The second-order valence-corrected chi connectivity index (χ2v) is 11.9. The average molecular weight is 542 g/mol. The molecule has 1 amide bonds. The van der Waals surface area contributed by atoms with Crippen LogP contribution in [0, 0.1) is 5.92 Å². The summed E-state index contributed by atoms with van der Waals surface area (Å²) in [6, 6.07) is 7.91. The van der Waals surface area contributed by atoms with E-state index in [1.54, 1.807) is 17.0 Å². The van der Waals surface area contributed by atoms with Crippen LogP contribution in [-0.2, 0) is 22.3 Å². The van der Waals surface area contributed by atoms with Crippen molar-refractivity contribution in [2.45, 2.75) is 82.3 Å². The summed E-state index contributed by atoms with van der Waals surface area (Å²) in [6.07, 6.45) is -3.21. The lowest BCUT2D eigenvalue weighted by molar-refractivity contribution is -0.141. The van der Waals surface area contributed by atoms with Crippen molar-refractivity contribution in [2.24, 2.45) is 11.1 Å². The van der Waals surface area contributed by atoms with E-state index in [4.69, 9.17) is 9.88 Å². The number of halogens is 3. The first kappa shape index (κ1) is 29.0. The highest BCUT2D eigenvalue weighted by molar-refractivity contribution is 7.89. The number of pyridine rings is 2. The van der Waals surface area contributed by atoms with Gasteiger partial charge in [0.1, 0.15) is 17.1 Å². The molecule has 3 heterocycles. The molecule has 3 atom stereocenters. The number of anilines is 1. The zero-order valence-corrected chi connectivity index (χ0v) is 22.4. The van der Waals surface area contributed by atoms with E-state index in [0.29, 0.717) is 25.2 Å². The Kier molecular flexibility index (Phi) is 8.65. The van der Waals surface area contributed by atoms with Crippen LogP contribution in [0.1, 0.15) is 71.3 Å². The van der Waals surface area contributed by atoms with Crippen molar-refractivity contribution in [2.75, 3.05) is 11.9 Å². The number of carbonyl (C=O) groups is 1. The molecule has 8 nitrogen and oxygen atoms in total. The topological polar surface area (TPSA) is 116 Å². The number of likely N-dealkylation sites (tertiary alicyclic amines) is 1. The molecule has 1 fully saturated rings. The van der Waals surface area contributed by atoms with Crippen molar-refractivity contribution < 1.29 is 27.3 Å². The number of rotatable bonds is 7. The predicted molar refractivity (Wildman–Crippen MR) is 135 cm³/mol. The van der Waals surface area contributed by atoms with E-state index in [-0.39, 0.29) is 22.7 Å². The third-order valence-corrected chi connectivity index (χ3v) is 6.75. The highest BCUT2D eigenvalue weighted by atomic mass is 32.2. The number of hydrogen-bond acceptors (Lipinski definition) is 7. The Balaban J connectivity index is 1.81. The minimum atomic E-state index is -4.58. The van der Waals surface area contributed by atoms with Gasteiger partial charge in [-0.05, 0) is 78.0 Å². The fourth-order valence-electron chi connectivity index (χ4n) is 4.50. The van der Waals surface area contributed by atoms with E-state index in [1.165, 1.54) is 18.2 Å². The maximum Gasteiger partial charge on any atom is 0.433 e. The van der Waals surface area contributed by atoms with E-state index in [1.807, 2.05) is 34.6 Å². The minimum Gasteiger partial charge on any atom is -0.592 e. The van der Waals surface area contributed by atoms with Gasteiger partial charge in [0.05, 0.1) is 23.1 Å². The van der Waals surface area contributed by atoms with Gasteiger partial charge in [-0.1, -0.05) is 12.1 Å². The number of aromatic nitrogens is 2. The van der Waals surface area contributed by atoms with Crippen LogP contribution in [0.2, 0.25) is 0 Å². The molecule has 3 unspecified atom stereocenters. The van der Waals surface area contributed by atoms with Crippen molar-refractivity contribution in [3.05, 3.63) is 47.8 Å². The van der Waals surface area contributed by atoms with Crippen LogP contribution in [-0.4, -0.2) is 43.2 Å². The highest BCUT2D eigenvalue weighted by Gasteiger charge is 2.43. The van der Waals surface area contributed by atoms with Crippen molar-refractivity contribution in [3.63, 3.8) is 0 Å². The Morgan fingerprint density at radius 2 is 1.92 bits per heavy atom. The lowest BCUT2D eigenvalue weighted by atomic mass is 9.91. The number of nitrogens with zero attached hydrogens (tertiary/aromatic N) is 3. The zero-order valence-electron chi connectivity index (χ0n) is 21.6. The number of nitrogens with two attached hydrogens (primary N) is 1. The van der Waals surface area contributed by atoms with Gasteiger partial charge in [0.25, 0.3) is 5.03 Å². The van der Waals surface area contributed by atoms with Crippen LogP contribution in [0.4, 0.5) is 23.8 Å². The molecule has 0 saturated carbocycles. The van der Waals surface area contributed by atoms with Crippen LogP contribution in [0.25, 0.3) is 0 Å². The van der Waals surface area contributed by atoms with E-state index in [9.17, 15) is 22.5 Å². The lowest BCUT2D eigenvalue weighted by Crippen LogP contribution is -2.45. The van der Waals surface area contributed by atoms with E-state index in [2.05, 4.69) is 15.3 Å². The number of amides is 1. The van der Waals surface area contributed by atoms with Crippen LogP contribution in [0.15, 0.2) is 41.4 Å². The normalized spacial score (nSPS) is 19.4. The maximum absolute atomic E-state index is 13.4. The van der Waals surface area contributed by atoms with Gasteiger partial charge < -0.3 is 19.5 Å². The van der Waals surface area contributed by atoms with Crippen molar-refractivity contribution >= 4 is 23.3 Å². The Labute approximate surface area is 218 Å². The van der Waals surface area contributed by atoms with Gasteiger partial charge in [0.15, 0.2) is 0 Å². The summed E-state index contributed by atoms with van der Waals surface area (Å²) < 4.78 is 57.3. The van der Waals surface area contributed by atoms with Gasteiger partial charge in [0, 0.05) is 18.2 Å². The Morgan fingerprint density at radius 1 is 1.24 bits per heavy atom. The molecule has 2 aromatic rings. The van der Waals surface area contributed by atoms with Crippen LogP contribution in [0.5, 0.6) is 0 Å². The number of nitrogens with one attached hydrogen (secondary N) is 1. The molecule has 0 aromatic carbocycles. The molecular formula is C25H34F3N5O3S. The smallest absolute Gasteiger partial charge is 0.433 e. The fraction of sp³-hybridized carbons (Fsp3) is 0.560. The monoisotopic (exact) mass is 541 g/mol. The highest BCUT2D eigenvalue weighted by Crippen LogP contribution is 2.38. The van der Waals surface area contributed by atoms with Crippen LogP contribution in [0.3, 0.4) is 0 Å². The van der Waals surface area contributed by atoms with Gasteiger partial charge in [-0.25, -0.2) is 9.78 Å². The molecule has 204 valence electrons. The number of carbonyl (C=O) groups excluding carboxylic acids is 1. The summed E-state index contributed by atoms with van der Waals surface area (Å²) >= 11 is -1.81. The maximum atomic E-state index is 13.4. The van der Waals surface area contributed by atoms with E-state index >= 15 is 0 Å². The van der Waals surface area contributed by atoms with Crippen molar-refractivity contribution in [3.8, 4) is 0 Å². The van der Waals surface area contributed by atoms with Gasteiger partial charge in [0.2, 0.25) is 0 Å². The standard InChI is InChI=1S/C25H34F3N5O3S/c1-23(2,3)36-22(34)33-15-16(14-24(33,4)5)12-13-18(17-8-6-9-19(30-17)25(26,27)28)31-20-10-7-11-21(32-20)37(29)35/h6-11,16,18H,12-15,29H2,1-5H3,(H,31,32). The van der Waals surface area contributed by atoms with E-state index < -0.39 is 40.4 Å². The zero-order chi connectivity index (χ0) is 27.6. The molecular weight excluding hydrogens is 507 g/mol. The van der Waals surface area contributed by atoms with Gasteiger partial charge in [-0.3, -0.25) is 0 Å². The summed E-state index contributed by atoms with van der Waals surface area (Å²) in [7, 11) is 0. The third-order valence-electron chi connectivity index (χ3n) is 6.11. The van der Waals surface area contributed by atoms with E-state index in [0.717, 1.165) is 12.5 Å². The molecule has 0 bridgehead atoms. The molecule has 0 aliphatic carbocycles. The SMILES string of the molecule is CC(C)(C)OC(=O)N1CC(CCC(Nc2cccc([S+](N)[O-])n2)c2cccc(C(F)(F)F)n2)CC1(C)C. The molecule has 3 N–H and O–H groups in total.